The SMILES string of the molecule is CCCCc1cnc2cc(N)cc(OC3CCC(Nc4ncccn4)CC3)c2n1. The summed E-state index contributed by atoms with van der Waals surface area (Å²) in [6.07, 6.45) is 12.6. The van der Waals surface area contributed by atoms with Crippen LogP contribution in [0.25, 0.3) is 11.0 Å². The predicted molar refractivity (Wildman–Crippen MR) is 115 cm³/mol. The van der Waals surface area contributed by atoms with Crippen LogP contribution in [-0.4, -0.2) is 32.1 Å². The van der Waals surface area contributed by atoms with E-state index in [4.69, 9.17) is 15.5 Å². The van der Waals surface area contributed by atoms with Gasteiger partial charge in [0.05, 0.1) is 17.3 Å². The quantitative estimate of drug-likeness (QED) is 0.583. The average molecular weight is 393 g/mol. The largest absolute Gasteiger partial charge is 0.488 e. The third kappa shape index (κ3) is 4.91. The molecule has 2 aromatic heterocycles. The Morgan fingerprint density at radius 1 is 1.10 bits per heavy atom. The van der Waals surface area contributed by atoms with Crippen LogP contribution in [0.4, 0.5) is 11.6 Å². The number of hydrogen-bond acceptors (Lipinski definition) is 7. The minimum Gasteiger partial charge on any atom is -0.488 e. The zero-order valence-corrected chi connectivity index (χ0v) is 16.8. The number of anilines is 2. The summed E-state index contributed by atoms with van der Waals surface area (Å²) in [4.78, 5) is 17.9. The molecule has 152 valence electrons. The average Bonchev–Trinajstić information content (AvgIpc) is 2.74. The van der Waals surface area contributed by atoms with Crippen molar-refractivity contribution in [1.29, 1.82) is 0 Å². The third-order valence-electron chi connectivity index (χ3n) is 5.34. The van der Waals surface area contributed by atoms with E-state index < -0.39 is 0 Å². The molecule has 1 aliphatic rings. The standard InChI is InChI=1S/C22H28N6O/c1-2-3-5-17-14-26-19-12-15(23)13-20(21(19)27-17)29-18-8-6-16(7-9-18)28-22-24-10-4-11-25-22/h4,10-14,16,18H,2-3,5-9,23H2,1H3,(H,24,25,28). The lowest BCUT2D eigenvalue weighted by Gasteiger charge is -2.29. The molecule has 4 rings (SSSR count). The highest BCUT2D eigenvalue weighted by Crippen LogP contribution is 2.31. The number of nitrogens with two attached hydrogens (primary N) is 1. The number of hydrogen-bond donors (Lipinski definition) is 2. The molecule has 1 fully saturated rings. The van der Waals surface area contributed by atoms with Gasteiger partial charge < -0.3 is 15.8 Å². The highest BCUT2D eigenvalue weighted by Gasteiger charge is 2.24. The Bertz CT molecular complexity index is 941. The molecule has 7 heteroatoms. The van der Waals surface area contributed by atoms with E-state index in [0.717, 1.165) is 67.4 Å². The first-order valence-corrected chi connectivity index (χ1v) is 10.5. The maximum Gasteiger partial charge on any atom is 0.222 e. The van der Waals surface area contributed by atoms with Gasteiger partial charge in [-0.2, -0.15) is 0 Å². The number of nitrogens with one attached hydrogen (secondary N) is 1. The fourth-order valence-electron chi connectivity index (χ4n) is 3.77. The van der Waals surface area contributed by atoms with E-state index in [-0.39, 0.29) is 6.10 Å². The maximum absolute atomic E-state index is 6.37. The second-order valence-corrected chi connectivity index (χ2v) is 7.66. The van der Waals surface area contributed by atoms with Crippen LogP contribution in [0.15, 0.2) is 36.8 Å². The predicted octanol–water partition coefficient (Wildman–Crippen LogP) is 4.15. The van der Waals surface area contributed by atoms with Gasteiger partial charge in [0, 0.05) is 36.4 Å². The van der Waals surface area contributed by atoms with Gasteiger partial charge in [-0.25, -0.2) is 15.0 Å². The van der Waals surface area contributed by atoms with Crippen LogP contribution in [0.1, 0.15) is 51.1 Å². The highest BCUT2D eigenvalue weighted by atomic mass is 16.5. The number of fused-ring (bicyclic) bond motifs is 1. The van der Waals surface area contributed by atoms with Crippen molar-refractivity contribution in [3.63, 3.8) is 0 Å². The van der Waals surface area contributed by atoms with Crippen LogP contribution in [0.2, 0.25) is 0 Å². The van der Waals surface area contributed by atoms with Gasteiger partial charge in [-0.1, -0.05) is 13.3 Å². The number of rotatable bonds is 7. The summed E-state index contributed by atoms with van der Waals surface area (Å²) in [6, 6.07) is 5.93. The lowest BCUT2D eigenvalue weighted by atomic mass is 9.93. The number of nitrogen functional groups attached to an aromatic ring is 1. The Morgan fingerprint density at radius 2 is 1.90 bits per heavy atom. The minimum atomic E-state index is 0.149. The molecule has 29 heavy (non-hydrogen) atoms. The Balaban J connectivity index is 1.43. The van der Waals surface area contributed by atoms with Crippen molar-refractivity contribution in [2.24, 2.45) is 0 Å². The van der Waals surface area contributed by atoms with Crippen LogP contribution >= 0.6 is 0 Å². The van der Waals surface area contributed by atoms with E-state index in [0.29, 0.717) is 17.7 Å². The van der Waals surface area contributed by atoms with Gasteiger partial charge in [-0.05, 0) is 50.7 Å². The van der Waals surface area contributed by atoms with Gasteiger partial charge in [0.1, 0.15) is 11.3 Å². The Kier molecular flexibility index (Phi) is 6.03. The van der Waals surface area contributed by atoms with E-state index in [9.17, 15) is 0 Å². The van der Waals surface area contributed by atoms with Crippen molar-refractivity contribution in [3.05, 3.63) is 42.5 Å². The molecule has 0 bridgehead atoms. The van der Waals surface area contributed by atoms with Crippen molar-refractivity contribution in [2.75, 3.05) is 11.1 Å². The molecule has 2 heterocycles. The molecule has 1 aliphatic carbocycles. The van der Waals surface area contributed by atoms with E-state index >= 15 is 0 Å². The van der Waals surface area contributed by atoms with Gasteiger partial charge >= 0.3 is 0 Å². The van der Waals surface area contributed by atoms with Crippen LogP contribution in [0, 0.1) is 0 Å². The lowest BCUT2D eigenvalue weighted by molar-refractivity contribution is 0.151. The Labute approximate surface area is 171 Å². The van der Waals surface area contributed by atoms with Gasteiger partial charge in [-0.3, -0.25) is 4.98 Å². The van der Waals surface area contributed by atoms with Gasteiger partial charge in [-0.15, -0.1) is 0 Å². The molecule has 0 spiro atoms. The topological polar surface area (TPSA) is 98.8 Å². The summed E-state index contributed by atoms with van der Waals surface area (Å²) in [6.45, 7) is 2.18. The molecule has 3 aromatic rings. The molecule has 0 amide bonds. The zero-order chi connectivity index (χ0) is 20.1. The van der Waals surface area contributed by atoms with E-state index in [1.54, 1.807) is 12.4 Å². The molecule has 3 N–H and O–H groups in total. The first-order valence-electron chi connectivity index (χ1n) is 10.5. The van der Waals surface area contributed by atoms with Crippen molar-refractivity contribution in [2.45, 2.75) is 64.0 Å². The van der Waals surface area contributed by atoms with Crippen LogP contribution < -0.4 is 15.8 Å². The van der Waals surface area contributed by atoms with Crippen LogP contribution in [-0.2, 0) is 6.42 Å². The van der Waals surface area contributed by atoms with E-state index in [1.165, 1.54) is 0 Å². The van der Waals surface area contributed by atoms with Gasteiger partial charge in [0.25, 0.3) is 0 Å². The lowest BCUT2D eigenvalue weighted by Crippen LogP contribution is -2.31. The minimum absolute atomic E-state index is 0.149. The molecule has 0 unspecified atom stereocenters. The molecule has 1 saturated carbocycles. The van der Waals surface area contributed by atoms with Crippen LogP contribution in [0.5, 0.6) is 5.75 Å². The monoisotopic (exact) mass is 392 g/mol. The number of ether oxygens (including phenoxy) is 1. The molecule has 0 aliphatic heterocycles. The van der Waals surface area contributed by atoms with Crippen LogP contribution in [0.3, 0.4) is 0 Å². The first-order chi connectivity index (χ1) is 14.2. The summed E-state index contributed by atoms with van der Waals surface area (Å²) < 4.78 is 6.37. The molecule has 0 atom stereocenters. The fraction of sp³-hybridized carbons (Fsp3) is 0.455. The van der Waals surface area contributed by atoms with Crippen molar-refractivity contribution in [1.82, 2.24) is 19.9 Å². The normalized spacial score (nSPS) is 19.2. The molecule has 1 aromatic carbocycles. The molecule has 0 radical (unpaired) electrons. The summed E-state index contributed by atoms with van der Waals surface area (Å²) >= 11 is 0. The number of aromatic nitrogens is 4. The number of aryl methyl sites for hydroxylation is 1. The van der Waals surface area contributed by atoms with Crippen molar-refractivity contribution < 1.29 is 4.74 Å². The molecular formula is C22H28N6O. The van der Waals surface area contributed by atoms with E-state index in [1.807, 2.05) is 24.4 Å². The Hall–Kier alpha value is -2.96. The van der Waals surface area contributed by atoms with Crippen molar-refractivity contribution in [3.8, 4) is 5.75 Å². The number of nitrogens with zero attached hydrogens (tertiary/aromatic N) is 4. The summed E-state index contributed by atoms with van der Waals surface area (Å²) in [5, 5.41) is 3.41. The number of unbranched alkanes of at least 4 members (excludes halogenated alkanes) is 1. The summed E-state index contributed by atoms with van der Waals surface area (Å²) in [5.74, 6) is 1.43. The zero-order valence-electron chi connectivity index (χ0n) is 16.8. The van der Waals surface area contributed by atoms with E-state index in [2.05, 4.69) is 27.2 Å². The van der Waals surface area contributed by atoms with Gasteiger partial charge in [0.2, 0.25) is 5.95 Å². The summed E-state index contributed by atoms with van der Waals surface area (Å²) in [5.41, 5.74) is 9.34. The van der Waals surface area contributed by atoms with Crippen molar-refractivity contribution >= 4 is 22.7 Å². The molecule has 0 saturated heterocycles. The fourth-order valence-corrected chi connectivity index (χ4v) is 3.77. The first kappa shape index (κ1) is 19.4. The molecular weight excluding hydrogens is 364 g/mol. The van der Waals surface area contributed by atoms with Gasteiger partial charge in [0.15, 0.2) is 0 Å². The second-order valence-electron chi connectivity index (χ2n) is 7.66. The molecule has 7 nitrogen and oxygen atoms in total. The maximum atomic E-state index is 6.37. The third-order valence-corrected chi connectivity index (χ3v) is 5.34. The summed E-state index contributed by atoms with van der Waals surface area (Å²) in [7, 11) is 0. The smallest absolute Gasteiger partial charge is 0.222 e. The Morgan fingerprint density at radius 3 is 2.66 bits per heavy atom. The highest BCUT2D eigenvalue weighted by molar-refractivity contribution is 5.84. The number of benzene rings is 1. The second kappa shape index (κ2) is 9.03.